The number of unbranched alkanes of at least 4 members (excludes halogenated alkanes) is 1. The SMILES string of the molecule is C=CCn1cc(C(=O)OC)c(=O)c(OCCCC)c1C(=O)NCCOC. The highest BCUT2D eigenvalue weighted by molar-refractivity contribution is 5.97. The van der Waals surface area contributed by atoms with E-state index < -0.39 is 17.3 Å². The van der Waals surface area contributed by atoms with Crippen molar-refractivity contribution >= 4 is 11.9 Å². The molecule has 1 aromatic heterocycles. The van der Waals surface area contributed by atoms with Crippen LogP contribution in [0.1, 0.15) is 40.6 Å². The lowest BCUT2D eigenvalue weighted by Gasteiger charge is -2.17. The minimum atomic E-state index is -0.792. The predicted octanol–water partition coefficient (Wildman–Crippen LogP) is 1.38. The second-order valence-corrected chi connectivity index (χ2v) is 5.43. The van der Waals surface area contributed by atoms with Gasteiger partial charge in [0, 0.05) is 26.4 Å². The first-order chi connectivity index (χ1) is 12.5. The van der Waals surface area contributed by atoms with Gasteiger partial charge in [-0.1, -0.05) is 19.4 Å². The zero-order valence-electron chi connectivity index (χ0n) is 15.5. The number of ether oxygens (including phenoxy) is 3. The number of allylic oxidation sites excluding steroid dienone is 1. The van der Waals surface area contributed by atoms with Crippen molar-refractivity contribution in [2.45, 2.75) is 26.3 Å². The maximum atomic E-state index is 12.7. The molecule has 0 spiro atoms. The third kappa shape index (κ3) is 5.45. The molecule has 8 nitrogen and oxygen atoms in total. The Morgan fingerprint density at radius 3 is 2.62 bits per heavy atom. The van der Waals surface area contributed by atoms with Gasteiger partial charge in [0.25, 0.3) is 5.91 Å². The van der Waals surface area contributed by atoms with Crippen molar-refractivity contribution in [3.63, 3.8) is 0 Å². The van der Waals surface area contributed by atoms with Crippen molar-refractivity contribution in [1.82, 2.24) is 9.88 Å². The summed E-state index contributed by atoms with van der Waals surface area (Å²) in [6.45, 7) is 6.68. The Labute approximate surface area is 152 Å². The van der Waals surface area contributed by atoms with Gasteiger partial charge >= 0.3 is 5.97 Å². The third-order valence-corrected chi connectivity index (χ3v) is 3.52. The van der Waals surface area contributed by atoms with E-state index in [1.807, 2.05) is 6.92 Å². The fourth-order valence-corrected chi connectivity index (χ4v) is 2.21. The number of hydrogen-bond acceptors (Lipinski definition) is 6. The first-order valence-electron chi connectivity index (χ1n) is 8.38. The molecule has 0 aliphatic heterocycles. The van der Waals surface area contributed by atoms with E-state index in [1.54, 1.807) is 6.08 Å². The van der Waals surface area contributed by atoms with Gasteiger partial charge in [-0.15, -0.1) is 6.58 Å². The number of carbonyl (C=O) groups excluding carboxylic acids is 2. The maximum absolute atomic E-state index is 12.7. The van der Waals surface area contributed by atoms with Crippen molar-refractivity contribution in [1.29, 1.82) is 0 Å². The van der Waals surface area contributed by atoms with Crippen LogP contribution < -0.4 is 15.5 Å². The molecule has 0 unspecified atom stereocenters. The zero-order chi connectivity index (χ0) is 19.5. The number of pyridine rings is 1. The molecule has 0 saturated carbocycles. The molecule has 0 aromatic carbocycles. The van der Waals surface area contributed by atoms with Gasteiger partial charge in [0.05, 0.1) is 20.3 Å². The second-order valence-electron chi connectivity index (χ2n) is 5.43. The molecule has 1 amide bonds. The lowest BCUT2D eigenvalue weighted by Crippen LogP contribution is -2.33. The van der Waals surface area contributed by atoms with Gasteiger partial charge in [-0.25, -0.2) is 4.79 Å². The summed E-state index contributed by atoms with van der Waals surface area (Å²) in [5.74, 6) is -1.46. The van der Waals surface area contributed by atoms with Crippen LogP contribution in [0.4, 0.5) is 0 Å². The Morgan fingerprint density at radius 1 is 1.31 bits per heavy atom. The maximum Gasteiger partial charge on any atom is 0.343 e. The summed E-state index contributed by atoms with van der Waals surface area (Å²) < 4.78 is 16.6. The van der Waals surface area contributed by atoms with Crippen LogP contribution in [0.25, 0.3) is 0 Å². The number of methoxy groups -OCH3 is 2. The average Bonchev–Trinajstić information content (AvgIpc) is 2.63. The van der Waals surface area contributed by atoms with Crippen molar-refractivity contribution in [3.8, 4) is 5.75 Å². The van der Waals surface area contributed by atoms with Crippen molar-refractivity contribution in [2.24, 2.45) is 0 Å². The Hall–Kier alpha value is -2.61. The number of aromatic nitrogens is 1. The summed E-state index contributed by atoms with van der Waals surface area (Å²) in [6, 6.07) is 0. The molecule has 0 radical (unpaired) electrons. The van der Waals surface area contributed by atoms with Gasteiger partial charge in [0.1, 0.15) is 5.56 Å². The summed E-state index contributed by atoms with van der Waals surface area (Å²) in [7, 11) is 2.70. The van der Waals surface area contributed by atoms with E-state index in [-0.39, 0.29) is 36.7 Å². The smallest absolute Gasteiger partial charge is 0.343 e. The monoisotopic (exact) mass is 366 g/mol. The predicted molar refractivity (Wildman–Crippen MR) is 96.9 cm³/mol. The number of hydrogen-bond donors (Lipinski definition) is 1. The molecule has 144 valence electrons. The molecule has 0 bridgehead atoms. The van der Waals surface area contributed by atoms with Crippen molar-refractivity contribution < 1.29 is 23.8 Å². The number of nitrogens with zero attached hydrogens (tertiary/aromatic N) is 1. The van der Waals surface area contributed by atoms with Crippen LogP contribution in [0, 0.1) is 0 Å². The molecule has 1 N–H and O–H groups in total. The molecule has 0 saturated heterocycles. The molecule has 1 heterocycles. The minimum Gasteiger partial charge on any atom is -0.487 e. The average molecular weight is 366 g/mol. The van der Waals surface area contributed by atoms with Crippen LogP contribution in [-0.4, -0.2) is 50.4 Å². The summed E-state index contributed by atoms with van der Waals surface area (Å²) in [6.07, 6.45) is 4.39. The molecule has 0 aliphatic carbocycles. The number of carbonyl (C=O) groups is 2. The van der Waals surface area contributed by atoms with Crippen LogP contribution in [0.15, 0.2) is 23.6 Å². The number of nitrogens with one attached hydrogen (secondary N) is 1. The van der Waals surface area contributed by atoms with E-state index in [0.29, 0.717) is 13.0 Å². The van der Waals surface area contributed by atoms with Crippen LogP contribution in [0.5, 0.6) is 5.75 Å². The van der Waals surface area contributed by atoms with E-state index >= 15 is 0 Å². The van der Waals surface area contributed by atoms with Gasteiger partial charge in [-0.3, -0.25) is 9.59 Å². The van der Waals surface area contributed by atoms with E-state index in [1.165, 1.54) is 25.0 Å². The fraction of sp³-hybridized carbons (Fsp3) is 0.500. The summed E-state index contributed by atoms with van der Waals surface area (Å²) in [4.78, 5) is 37.3. The number of esters is 1. The van der Waals surface area contributed by atoms with Gasteiger partial charge < -0.3 is 24.1 Å². The Morgan fingerprint density at radius 2 is 2.04 bits per heavy atom. The molecule has 26 heavy (non-hydrogen) atoms. The normalized spacial score (nSPS) is 10.3. The molecule has 0 fully saturated rings. The number of amides is 1. The van der Waals surface area contributed by atoms with Crippen LogP contribution >= 0.6 is 0 Å². The second kappa shape index (κ2) is 11.1. The summed E-state index contributed by atoms with van der Waals surface area (Å²) >= 11 is 0. The topological polar surface area (TPSA) is 95.9 Å². The first kappa shape index (κ1) is 21.4. The van der Waals surface area contributed by atoms with Crippen molar-refractivity contribution in [3.05, 3.63) is 40.3 Å². The van der Waals surface area contributed by atoms with Crippen LogP contribution in [0.2, 0.25) is 0 Å². The molecule has 1 rings (SSSR count). The highest BCUT2D eigenvalue weighted by Gasteiger charge is 2.25. The van der Waals surface area contributed by atoms with Crippen LogP contribution in [-0.2, 0) is 16.0 Å². The molecule has 0 aliphatic rings. The molecule has 8 heteroatoms. The van der Waals surface area contributed by atoms with E-state index in [0.717, 1.165) is 6.42 Å². The molecule has 0 atom stereocenters. The summed E-state index contributed by atoms with van der Waals surface area (Å²) in [5, 5.41) is 2.67. The first-order valence-corrected chi connectivity index (χ1v) is 8.38. The largest absolute Gasteiger partial charge is 0.487 e. The van der Waals surface area contributed by atoms with Gasteiger partial charge in [0.15, 0.2) is 11.4 Å². The van der Waals surface area contributed by atoms with Gasteiger partial charge in [0.2, 0.25) is 5.43 Å². The van der Waals surface area contributed by atoms with Crippen molar-refractivity contribution in [2.75, 3.05) is 34.0 Å². The standard InChI is InChI=1S/C18H26N2O6/c1-5-7-10-26-16-14(17(22)19-8-11-24-3)20(9-6-2)12-13(15(16)21)18(23)25-4/h6,12H,2,5,7-11H2,1,3-4H3,(H,19,22). The highest BCUT2D eigenvalue weighted by Crippen LogP contribution is 2.17. The van der Waals surface area contributed by atoms with E-state index in [9.17, 15) is 14.4 Å². The third-order valence-electron chi connectivity index (χ3n) is 3.52. The van der Waals surface area contributed by atoms with E-state index in [2.05, 4.69) is 16.6 Å². The molecular formula is C18H26N2O6. The van der Waals surface area contributed by atoms with E-state index in [4.69, 9.17) is 9.47 Å². The zero-order valence-corrected chi connectivity index (χ0v) is 15.5. The van der Waals surface area contributed by atoms with Gasteiger partial charge in [-0.05, 0) is 6.42 Å². The lowest BCUT2D eigenvalue weighted by molar-refractivity contribution is 0.0596. The molecule has 1 aromatic rings. The number of rotatable bonds is 11. The highest BCUT2D eigenvalue weighted by atomic mass is 16.5. The Kier molecular flexibility index (Phi) is 9.14. The molecular weight excluding hydrogens is 340 g/mol. The lowest BCUT2D eigenvalue weighted by atomic mass is 10.2. The quantitative estimate of drug-likeness (QED) is 0.361. The van der Waals surface area contributed by atoms with Gasteiger partial charge in [-0.2, -0.15) is 0 Å². The van der Waals surface area contributed by atoms with Crippen LogP contribution in [0.3, 0.4) is 0 Å². The Bertz CT molecular complexity index is 696. The summed E-state index contributed by atoms with van der Waals surface area (Å²) in [5.41, 5.74) is -0.839. The minimum absolute atomic E-state index is 0.0368. The fourth-order valence-electron chi connectivity index (χ4n) is 2.21. The Balaban J connectivity index is 3.46.